The topological polar surface area (TPSA) is 84.6 Å². The lowest BCUT2D eigenvalue weighted by Crippen LogP contribution is -2.36. The molecule has 1 amide bonds. The molecule has 0 radical (unpaired) electrons. The smallest absolute Gasteiger partial charge is 0.416 e. The van der Waals surface area contributed by atoms with Crippen molar-refractivity contribution in [2.24, 2.45) is 0 Å². The van der Waals surface area contributed by atoms with Crippen LogP contribution in [0.5, 0.6) is 5.75 Å². The molecule has 2 aromatic rings. The molecular weight excluding hydrogens is 353 g/mol. The first kappa shape index (κ1) is 19.8. The lowest BCUT2D eigenvalue weighted by Gasteiger charge is -2.14. The molecular formula is C17H19F3N2O4. The number of halogens is 3. The molecule has 2 N–H and O–H groups in total. The van der Waals surface area contributed by atoms with Crippen molar-refractivity contribution in [3.63, 3.8) is 0 Å². The van der Waals surface area contributed by atoms with Crippen molar-refractivity contribution in [1.82, 2.24) is 10.5 Å². The molecule has 1 atom stereocenters. The highest BCUT2D eigenvalue weighted by Gasteiger charge is 2.30. The fraction of sp³-hybridized carbons (Fsp3) is 0.412. The molecule has 0 aliphatic heterocycles. The van der Waals surface area contributed by atoms with E-state index in [1.54, 1.807) is 13.8 Å². The van der Waals surface area contributed by atoms with Crippen LogP contribution in [0, 0.1) is 13.8 Å². The Morgan fingerprint density at radius 1 is 1.38 bits per heavy atom. The molecule has 0 fully saturated rings. The van der Waals surface area contributed by atoms with E-state index in [-0.39, 0.29) is 31.2 Å². The van der Waals surface area contributed by atoms with E-state index < -0.39 is 17.8 Å². The highest BCUT2D eigenvalue weighted by Crippen LogP contribution is 2.31. The fourth-order valence-corrected chi connectivity index (χ4v) is 2.22. The van der Waals surface area contributed by atoms with Crippen LogP contribution < -0.4 is 10.1 Å². The van der Waals surface area contributed by atoms with Crippen molar-refractivity contribution in [1.29, 1.82) is 0 Å². The predicted octanol–water partition coefficient (Wildman–Crippen LogP) is 2.41. The number of aryl methyl sites for hydroxylation is 2. The first-order valence-corrected chi connectivity index (χ1v) is 7.83. The summed E-state index contributed by atoms with van der Waals surface area (Å²) >= 11 is 0. The second-order valence-electron chi connectivity index (χ2n) is 5.77. The van der Waals surface area contributed by atoms with Crippen LogP contribution in [-0.4, -0.2) is 35.4 Å². The zero-order chi connectivity index (χ0) is 19.3. The van der Waals surface area contributed by atoms with Gasteiger partial charge in [0.1, 0.15) is 24.2 Å². The number of aromatic nitrogens is 1. The van der Waals surface area contributed by atoms with Gasteiger partial charge in [0.05, 0.1) is 17.7 Å². The van der Waals surface area contributed by atoms with Gasteiger partial charge in [-0.15, -0.1) is 0 Å². The minimum atomic E-state index is -4.47. The molecule has 1 heterocycles. The van der Waals surface area contributed by atoms with Crippen molar-refractivity contribution in [2.45, 2.75) is 32.5 Å². The molecule has 0 saturated heterocycles. The van der Waals surface area contributed by atoms with Gasteiger partial charge >= 0.3 is 6.18 Å². The summed E-state index contributed by atoms with van der Waals surface area (Å²) in [7, 11) is 0. The Hall–Kier alpha value is -2.55. The van der Waals surface area contributed by atoms with Gasteiger partial charge in [0, 0.05) is 12.1 Å². The lowest BCUT2D eigenvalue weighted by molar-refractivity contribution is -0.137. The predicted molar refractivity (Wildman–Crippen MR) is 85.6 cm³/mol. The third-order valence-corrected chi connectivity index (χ3v) is 3.66. The molecule has 1 aromatic carbocycles. The van der Waals surface area contributed by atoms with Gasteiger partial charge in [-0.05, 0) is 32.0 Å². The number of rotatable bonds is 7. The van der Waals surface area contributed by atoms with Crippen LogP contribution in [0.25, 0.3) is 0 Å². The molecule has 0 spiro atoms. The maximum Gasteiger partial charge on any atom is 0.416 e. The van der Waals surface area contributed by atoms with Gasteiger partial charge in [-0.3, -0.25) is 4.79 Å². The Labute approximate surface area is 147 Å². The monoisotopic (exact) mass is 372 g/mol. The second-order valence-corrected chi connectivity index (χ2v) is 5.77. The van der Waals surface area contributed by atoms with Crippen LogP contribution in [0.15, 0.2) is 28.8 Å². The summed E-state index contributed by atoms with van der Waals surface area (Å²) in [5, 5.41) is 16.1. The maximum absolute atomic E-state index is 12.6. The summed E-state index contributed by atoms with van der Waals surface area (Å²) in [5.74, 6) is 0.199. The average molecular weight is 372 g/mol. The molecule has 0 aliphatic carbocycles. The fourth-order valence-electron chi connectivity index (χ4n) is 2.22. The average Bonchev–Trinajstić information content (AvgIpc) is 2.89. The van der Waals surface area contributed by atoms with E-state index in [2.05, 4.69) is 10.5 Å². The van der Waals surface area contributed by atoms with Crippen LogP contribution in [-0.2, 0) is 17.4 Å². The van der Waals surface area contributed by atoms with Crippen molar-refractivity contribution < 1.29 is 32.3 Å². The van der Waals surface area contributed by atoms with Gasteiger partial charge in [-0.25, -0.2) is 0 Å². The molecule has 142 valence electrons. The lowest BCUT2D eigenvalue weighted by atomic mass is 10.1. The highest BCUT2D eigenvalue weighted by atomic mass is 19.4. The summed E-state index contributed by atoms with van der Waals surface area (Å²) in [6.07, 6.45) is -5.48. The van der Waals surface area contributed by atoms with Crippen molar-refractivity contribution in [3.8, 4) is 5.75 Å². The summed E-state index contributed by atoms with van der Waals surface area (Å²) < 4.78 is 48.0. The minimum Gasteiger partial charge on any atom is -0.491 e. The molecule has 0 saturated carbocycles. The Balaban J connectivity index is 1.79. The van der Waals surface area contributed by atoms with E-state index in [1.807, 2.05) is 0 Å². The van der Waals surface area contributed by atoms with Gasteiger partial charge < -0.3 is 19.7 Å². The number of carbonyl (C=O) groups is 1. The van der Waals surface area contributed by atoms with E-state index >= 15 is 0 Å². The Morgan fingerprint density at radius 2 is 2.12 bits per heavy atom. The molecule has 26 heavy (non-hydrogen) atoms. The number of ether oxygens (including phenoxy) is 1. The Morgan fingerprint density at radius 3 is 2.73 bits per heavy atom. The highest BCUT2D eigenvalue weighted by molar-refractivity contribution is 5.79. The van der Waals surface area contributed by atoms with Crippen molar-refractivity contribution in [2.75, 3.05) is 13.2 Å². The number of aliphatic hydroxyl groups is 1. The molecule has 0 bridgehead atoms. The number of aliphatic hydroxyl groups excluding tert-OH is 1. The number of hydrogen-bond donors (Lipinski definition) is 2. The van der Waals surface area contributed by atoms with Crippen LogP contribution in [0.1, 0.15) is 22.6 Å². The normalized spacial score (nSPS) is 12.7. The van der Waals surface area contributed by atoms with Crippen molar-refractivity contribution in [3.05, 3.63) is 46.8 Å². The Bertz CT molecular complexity index is 739. The maximum atomic E-state index is 12.6. The van der Waals surface area contributed by atoms with E-state index in [1.165, 1.54) is 12.1 Å². The number of alkyl halides is 3. The van der Waals surface area contributed by atoms with Crippen LogP contribution in [0.2, 0.25) is 0 Å². The molecule has 2 rings (SSSR count). The van der Waals surface area contributed by atoms with Crippen LogP contribution in [0.4, 0.5) is 13.2 Å². The number of carbonyl (C=O) groups excluding carboxylic acids is 1. The summed E-state index contributed by atoms with van der Waals surface area (Å²) in [4.78, 5) is 11.9. The van der Waals surface area contributed by atoms with Crippen LogP contribution >= 0.6 is 0 Å². The first-order chi connectivity index (χ1) is 12.2. The van der Waals surface area contributed by atoms with Crippen LogP contribution in [0.3, 0.4) is 0 Å². The third kappa shape index (κ3) is 5.48. The summed E-state index contributed by atoms with van der Waals surface area (Å²) in [5.41, 5.74) is 0.459. The van der Waals surface area contributed by atoms with Gasteiger partial charge in [0.2, 0.25) is 5.91 Å². The number of amides is 1. The minimum absolute atomic E-state index is 0.0130. The molecule has 1 aromatic heterocycles. The van der Waals surface area contributed by atoms with E-state index in [0.717, 1.165) is 12.1 Å². The quantitative estimate of drug-likeness (QED) is 0.780. The van der Waals surface area contributed by atoms with Crippen molar-refractivity contribution >= 4 is 5.91 Å². The summed E-state index contributed by atoms with van der Waals surface area (Å²) in [6, 6.07) is 4.36. The van der Waals surface area contributed by atoms with Gasteiger partial charge in [0.25, 0.3) is 0 Å². The molecule has 9 heteroatoms. The molecule has 0 aliphatic rings. The van der Waals surface area contributed by atoms with E-state index in [9.17, 15) is 23.1 Å². The Kier molecular flexibility index (Phi) is 6.25. The second kappa shape index (κ2) is 8.22. The molecule has 6 nitrogen and oxygen atoms in total. The number of nitrogens with zero attached hydrogens (tertiary/aromatic N) is 1. The number of benzene rings is 1. The van der Waals surface area contributed by atoms with E-state index in [0.29, 0.717) is 17.0 Å². The number of hydrogen-bond acceptors (Lipinski definition) is 5. The zero-order valence-electron chi connectivity index (χ0n) is 14.3. The number of nitrogens with one attached hydrogen (secondary N) is 1. The standard InChI is InChI=1S/C17H19F3N2O4/c1-10-15(11(2)26-22-10)7-16(24)21-8-13(23)9-25-14-5-3-4-12(6-14)17(18,19)20/h3-6,13,23H,7-9H2,1-2H3,(H,21,24). The largest absolute Gasteiger partial charge is 0.491 e. The van der Waals surface area contributed by atoms with Gasteiger partial charge in [-0.2, -0.15) is 13.2 Å². The first-order valence-electron chi connectivity index (χ1n) is 7.83. The zero-order valence-corrected chi connectivity index (χ0v) is 14.3. The summed E-state index contributed by atoms with van der Waals surface area (Å²) in [6.45, 7) is 3.06. The SMILES string of the molecule is Cc1noc(C)c1CC(=O)NCC(O)COc1cccc(C(F)(F)F)c1. The third-order valence-electron chi connectivity index (χ3n) is 3.66. The van der Waals surface area contributed by atoms with Gasteiger partial charge in [-0.1, -0.05) is 11.2 Å². The van der Waals surface area contributed by atoms with E-state index in [4.69, 9.17) is 9.26 Å². The van der Waals surface area contributed by atoms with Gasteiger partial charge in [0.15, 0.2) is 0 Å². The molecule has 1 unspecified atom stereocenters.